The molecule has 3 aromatic rings. The Labute approximate surface area is 167 Å². The van der Waals surface area contributed by atoms with E-state index >= 15 is 0 Å². The fourth-order valence-corrected chi connectivity index (χ4v) is 4.77. The Balaban J connectivity index is 1.70. The van der Waals surface area contributed by atoms with Crippen LogP contribution in [0, 0.1) is 13.8 Å². The van der Waals surface area contributed by atoms with Crippen LogP contribution in [0.5, 0.6) is 0 Å². The van der Waals surface area contributed by atoms with Gasteiger partial charge < -0.3 is 5.11 Å². The van der Waals surface area contributed by atoms with E-state index in [4.69, 9.17) is 0 Å². The lowest BCUT2D eigenvalue weighted by Crippen LogP contribution is -2.26. The molecule has 0 aliphatic carbocycles. The fraction of sp³-hybridized carbons (Fsp3) is 0.200. The number of sulfonamides is 1. The average molecular weight is 417 g/mol. The molecule has 1 aromatic heterocycles. The molecule has 6 nitrogen and oxygen atoms in total. The largest absolute Gasteiger partial charge is 0.478 e. The van der Waals surface area contributed by atoms with E-state index < -0.39 is 16.0 Å². The van der Waals surface area contributed by atoms with Gasteiger partial charge in [-0.2, -0.15) is 0 Å². The van der Waals surface area contributed by atoms with Crippen molar-refractivity contribution >= 4 is 27.3 Å². The minimum atomic E-state index is -3.80. The molecule has 0 saturated heterocycles. The second-order valence-electron chi connectivity index (χ2n) is 6.32. The lowest BCUT2D eigenvalue weighted by atomic mass is 10.1. The van der Waals surface area contributed by atoms with Gasteiger partial charge in [0.25, 0.3) is 0 Å². The first-order chi connectivity index (χ1) is 13.3. The molecule has 0 bridgehead atoms. The van der Waals surface area contributed by atoms with Gasteiger partial charge in [-0.3, -0.25) is 0 Å². The Morgan fingerprint density at radius 3 is 2.54 bits per heavy atom. The summed E-state index contributed by atoms with van der Waals surface area (Å²) in [5.74, 6) is -1.15. The Morgan fingerprint density at radius 1 is 1.14 bits per heavy atom. The van der Waals surface area contributed by atoms with Crippen LogP contribution in [0.3, 0.4) is 0 Å². The van der Waals surface area contributed by atoms with Crippen LogP contribution in [0.25, 0.3) is 10.6 Å². The number of nitrogens with zero attached hydrogens (tertiary/aromatic N) is 1. The summed E-state index contributed by atoms with van der Waals surface area (Å²) in [7, 11) is -3.80. The van der Waals surface area contributed by atoms with Gasteiger partial charge in [-0.1, -0.05) is 36.4 Å². The average Bonchev–Trinajstić information content (AvgIpc) is 3.03. The maximum absolute atomic E-state index is 12.5. The number of hydrogen-bond donors (Lipinski definition) is 2. The summed E-state index contributed by atoms with van der Waals surface area (Å²) in [5, 5.41) is 10.1. The first-order valence-corrected chi connectivity index (χ1v) is 10.9. The van der Waals surface area contributed by atoms with Gasteiger partial charge in [-0.05, 0) is 31.5 Å². The summed E-state index contributed by atoms with van der Waals surface area (Å²) >= 11 is 1.57. The molecule has 0 amide bonds. The highest BCUT2D eigenvalue weighted by Gasteiger charge is 2.18. The Kier molecular flexibility index (Phi) is 5.93. The molecule has 8 heteroatoms. The molecule has 1 heterocycles. The van der Waals surface area contributed by atoms with Crippen molar-refractivity contribution in [3.05, 3.63) is 70.2 Å². The number of aromatic carboxylic acids is 1. The van der Waals surface area contributed by atoms with Crippen LogP contribution in [0.4, 0.5) is 0 Å². The topological polar surface area (TPSA) is 96.4 Å². The van der Waals surface area contributed by atoms with Gasteiger partial charge >= 0.3 is 5.97 Å². The third kappa shape index (κ3) is 4.46. The lowest BCUT2D eigenvalue weighted by Gasteiger charge is -2.08. The van der Waals surface area contributed by atoms with Crippen molar-refractivity contribution < 1.29 is 18.3 Å². The molecule has 2 aromatic carbocycles. The van der Waals surface area contributed by atoms with Crippen molar-refractivity contribution in [2.75, 3.05) is 6.54 Å². The number of nitrogens with one attached hydrogen (secondary N) is 1. The van der Waals surface area contributed by atoms with Crippen LogP contribution in [0.15, 0.2) is 53.4 Å². The van der Waals surface area contributed by atoms with Gasteiger partial charge in [-0.25, -0.2) is 22.9 Å². The van der Waals surface area contributed by atoms with Crippen LogP contribution < -0.4 is 4.72 Å². The fourth-order valence-electron chi connectivity index (χ4n) is 2.75. The summed E-state index contributed by atoms with van der Waals surface area (Å²) < 4.78 is 27.5. The minimum absolute atomic E-state index is 0.0225. The zero-order chi connectivity index (χ0) is 20.3. The van der Waals surface area contributed by atoms with Crippen molar-refractivity contribution in [3.8, 4) is 10.6 Å². The third-order valence-corrected chi connectivity index (χ3v) is 6.84. The van der Waals surface area contributed by atoms with Crippen molar-refractivity contribution in [2.24, 2.45) is 0 Å². The molecule has 0 unspecified atom stereocenters. The highest BCUT2D eigenvalue weighted by molar-refractivity contribution is 7.89. The van der Waals surface area contributed by atoms with Gasteiger partial charge in [0.1, 0.15) is 5.01 Å². The molecule has 0 saturated carbocycles. The van der Waals surface area contributed by atoms with Gasteiger partial charge in [0, 0.05) is 23.4 Å². The number of thiazole rings is 1. The smallest absolute Gasteiger partial charge is 0.335 e. The van der Waals surface area contributed by atoms with Gasteiger partial charge in [0.05, 0.1) is 16.2 Å². The number of carboxylic acid groups (broad SMARTS) is 1. The lowest BCUT2D eigenvalue weighted by molar-refractivity contribution is 0.0696. The van der Waals surface area contributed by atoms with Gasteiger partial charge in [0.15, 0.2) is 0 Å². The van der Waals surface area contributed by atoms with Crippen LogP contribution in [-0.4, -0.2) is 31.0 Å². The molecule has 28 heavy (non-hydrogen) atoms. The van der Waals surface area contributed by atoms with E-state index in [1.54, 1.807) is 18.3 Å². The number of carbonyl (C=O) groups is 1. The predicted molar refractivity (Wildman–Crippen MR) is 109 cm³/mol. The summed E-state index contributed by atoms with van der Waals surface area (Å²) in [5.41, 5.74) is 2.37. The molecule has 146 valence electrons. The number of aryl methyl sites for hydroxylation is 2. The maximum atomic E-state index is 12.5. The zero-order valence-electron chi connectivity index (χ0n) is 15.5. The van der Waals surface area contributed by atoms with Crippen LogP contribution in [-0.2, 0) is 16.4 Å². The monoisotopic (exact) mass is 416 g/mol. The number of aromatic nitrogens is 1. The summed E-state index contributed by atoms with van der Waals surface area (Å²) in [6.07, 6.45) is 0.450. The first kappa shape index (κ1) is 20.2. The summed E-state index contributed by atoms with van der Waals surface area (Å²) in [6, 6.07) is 13.9. The van der Waals surface area contributed by atoms with E-state index in [0.29, 0.717) is 12.0 Å². The minimum Gasteiger partial charge on any atom is -0.478 e. The normalized spacial score (nSPS) is 11.5. The number of hydrogen-bond acceptors (Lipinski definition) is 5. The Hall–Kier alpha value is -2.55. The highest BCUT2D eigenvalue weighted by Crippen LogP contribution is 2.27. The van der Waals surface area contributed by atoms with E-state index in [2.05, 4.69) is 9.71 Å². The molecule has 2 N–H and O–H groups in total. The molecular formula is C20H20N2O4S2. The SMILES string of the molecule is Cc1ccc(S(=O)(=O)NCCc2nc(-c3ccccc3)sc2C)cc1C(=O)O. The quantitative estimate of drug-likeness (QED) is 0.613. The Bertz CT molecular complexity index is 1110. The van der Waals surface area contributed by atoms with Crippen LogP contribution in [0.1, 0.15) is 26.5 Å². The highest BCUT2D eigenvalue weighted by atomic mass is 32.2. The van der Waals surface area contributed by atoms with Gasteiger partial charge in [0.2, 0.25) is 10.0 Å². The van der Waals surface area contributed by atoms with E-state index in [-0.39, 0.29) is 17.0 Å². The molecule has 0 aliphatic heterocycles. The second-order valence-corrected chi connectivity index (χ2v) is 9.29. The molecule has 0 atom stereocenters. The van der Waals surface area contributed by atoms with Gasteiger partial charge in [-0.15, -0.1) is 11.3 Å². The molecule has 0 radical (unpaired) electrons. The third-order valence-electron chi connectivity index (χ3n) is 4.32. The number of carboxylic acids is 1. The maximum Gasteiger partial charge on any atom is 0.335 e. The molecular weight excluding hydrogens is 396 g/mol. The van der Waals surface area contributed by atoms with Crippen molar-refractivity contribution in [1.82, 2.24) is 9.71 Å². The van der Waals surface area contributed by atoms with E-state index in [1.165, 1.54) is 18.2 Å². The number of benzene rings is 2. The molecule has 0 aliphatic rings. The van der Waals surface area contributed by atoms with Crippen molar-refractivity contribution in [3.63, 3.8) is 0 Å². The van der Waals surface area contributed by atoms with Crippen LogP contribution >= 0.6 is 11.3 Å². The first-order valence-electron chi connectivity index (χ1n) is 8.63. The Morgan fingerprint density at radius 2 is 1.86 bits per heavy atom. The number of rotatable bonds is 7. The summed E-state index contributed by atoms with van der Waals surface area (Å²) in [4.78, 5) is 16.8. The molecule has 0 spiro atoms. The van der Waals surface area contributed by atoms with E-state index in [1.807, 2.05) is 37.3 Å². The summed E-state index contributed by atoms with van der Waals surface area (Å²) in [6.45, 7) is 3.77. The standard InChI is InChI=1S/C20H20N2O4S2/c1-13-8-9-16(12-17(13)20(23)24)28(25,26)21-11-10-18-14(2)27-19(22-18)15-6-4-3-5-7-15/h3-9,12,21H,10-11H2,1-2H3,(H,23,24). The zero-order valence-corrected chi connectivity index (χ0v) is 17.1. The van der Waals surface area contributed by atoms with E-state index in [0.717, 1.165) is 21.1 Å². The van der Waals surface area contributed by atoms with Crippen molar-refractivity contribution in [2.45, 2.75) is 25.2 Å². The van der Waals surface area contributed by atoms with Crippen molar-refractivity contribution in [1.29, 1.82) is 0 Å². The van der Waals surface area contributed by atoms with Crippen LogP contribution in [0.2, 0.25) is 0 Å². The molecule has 0 fully saturated rings. The van der Waals surface area contributed by atoms with E-state index in [9.17, 15) is 18.3 Å². The predicted octanol–water partition coefficient (Wildman–Crippen LogP) is 3.65. The second kappa shape index (κ2) is 8.22. The molecule has 3 rings (SSSR count).